The summed E-state index contributed by atoms with van der Waals surface area (Å²) >= 11 is 10.9. The first kappa shape index (κ1) is 15.9. The van der Waals surface area contributed by atoms with Crippen molar-refractivity contribution in [1.29, 1.82) is 0 Å². The minimum Gasteiger partial charge on any atom is -0.484 e. The van der Waals surface area contributed by atoms with Crippen LogP contribution in [0.4, 0.5) is 0 Å². The van der Waals surface area contributed by atoms with E-state index in [0.717, 1.165) is 12.8 Å². The molecular weight excluding hydrogens is 310 g/mol. The Kier molecular flexibility index (Phi) is 6.07. The molecular formula is C14H18ClN3O2S. The quantitative estimate of drug-likeness (QED) is 0.584. The van der Waals surface area contributed by atoms with Crippen molar-refractivity contribution in [3.8, 4) is 5.75 Å². The Morgan fingerprint density at radius 2 is 1.90 bits per heavy atom. The van der Waals surface area contributed by atoms with Gasteiger partial charge in [-0.3, -0.25) is 15.6 Å². The number of carbonyl (C=O) groups is 1. The Morgan fingerprint density at radius 1 is 1.24 bits per heavy atom. The molecule has 114 valence electrons. The highest BCUT2D eigenvalue weighted by atomic mass is 35.5. The molecule has 1 amide bonds. The second-order valence-corrected chi connectivity index (χ2v) is 5.72. The lowest BCUT2D eigenvalue weighted by Crippen LogP contribution is -2.50. The first-order valence-corrected chi connectivity index (χ1v) is 7.66. The van der Waals surface area contributed by atoms with Crippen LogP contribution in [0.1, 0.15) is 25.7 Å². The van der Waals surface area contributed by atoms with E-state index in [0.29, 0.717) is 21.9 Å². The van der Waals surface area contributed by atoms with Crippen LogP contribution in [0.3, 0.4) is 0 Å². The topological polar surface area (TPSA) is 62.4 Å². The van der Waals surface area contributed by atoms with E-state index in [1.165, 1.54) is 12.8 Å². The largest absolute Gasteiger partial charge is 0.484 e. The smallest absolute Gasteiger partial charge is 0.276 e. The zero-order chi connectivity index (χ0) is 15.1. The van der Waals surface area contributed by atoms with Gasteiger partial charge in [0.15, 0.2) is 11.7 Å². The Labute approximate surface area is 134 Å². The number of nitrogens with one attached hydrogen (secondary N) is 3. The van der Waals surface area contributed by atoms with Gasteiger partial charge in [-0.05, 0) is 49.3 Å². The number of ether oxygens (including phenoxy) is 1. The third kappa shape index (κ3) is 5.77. The second kappa shape index (κ2) is 8.05. The van der Waals surface area contributed by atoms with Crippen LogP contribution in [-0.4, -0.2) is 23.7 Å². The van der Waals surface area contributed by atoms with E-state index < -0.39 is 0 Å². The van der Waals surface area contributed by atoms with E-state index in [1.54, 1.807) is 24.3 Å². The molecule has 0 saturated heterocycles. The lowest BCUT2D eigenvalue weighted by Gasteiger charge is -2.16. The van der Waals surface area contributed by atoms with E-state index in [4.69, 9.17) is 28.6 Å². The monoisotopic (exact) mass is 327 g/mol. The van der Waals surface area contributed by atoms with Crippen molar-refractivity contribution >= 4 is 34.8 Å². The van der Waals surface area contributed by atoms with Crippen molar-refractivity contribution in [1.82, 2.24) is 16.2 Å². The number of carbonyl (C=O) groups excluding carboxylic acids is 1. The maximum atomic E-state index is 11.6. The molecule has 0 unspecified atom stereocenters. The van der Waals surface area contributed by atoms with Gasteiger partial charge in [0.1, 0.15) is 5.75 Å². The summed E-state index contributed by atoms with van der Waals surface area (Å²) in [5.74, 6) is 0.279. The Hall–Kier alpha value is -1.53. The third-order valence-electron chi connectivity index (χ3n) is 3.19. The molecule has 1 aliphatic rings. The predicted molar refractivity (Wildman–Crippen MR) is 86.2 cm³/mol. The fourth-order valence-electron chi connectivity index (χ4n) is 2.13. The first-order valence-electron chi connectivity index (χ1n) is 6.87. The highest BCUT2D eigenvalue weighted by Gasteiger charge is 2.15. The van der Waals surface area contributed by atoms with Crippen LogP contribution in [0.15, 0.2) is 24.3 Å². The van der Waals surface area contributed by atoms with Gasteiger partial charge in [0.05, 0.1) is 0 Å². The van der Waals surface area contributed by atoms with E-state index in [2.05, 4.69) is 16.2 Å². The van der Waals surface area contributed by atoms with E-state index >= 15 is 0 Å². The first-order chi connectivity index (χ1) is 10.1. The Morgan fingerprint density at radius 3 is 2.57 bits per heavy atom. The van der Waals surface area contributed by atoms with Crippen LogP contribution in [-0.2, 0) is 4.79 Å². The van der Waals surface area contributed by atoms with E-state index in [1.807, 2.05) is 0 Å². The van der Waals surface area contributed by atoms with Crippen molar-refractivity contribution in [2.45, 2.75) is 31.7 Å². The van der Waals surface area contributed by atoms with Crippen molar-refractivity contribution in [3.05, 3.63) is 29.3 Å². The fourth-order valence-corrected chi connectivity index (χ4v) is 2.48. The molecule has 7 heteroatoms. The molecule has 0 spiro atoms. The Balaban J connectivity index is 1.62. The van der Waals surface area contributed by atoms with Crippen LogP contribution in [0.2, 0.25) is 5.02 Å². The number of thiocarbonyl (C=S) groups is 1. The summed E-state index contributed by atoms with van der Waals surface area (Å²) in [4.78, 5) is 11.6. The molecule has 1 aromatic carbocycles. The summed E-state index contributed by atoms with van der Waals surface area (Å²) in [5.41, 5.74) is 5.17. The van der Waals surface area contributed by atoms with Gasteiger partial charge in [0.2, 0.25) is 0 Å². The molecule has 3 N–H and O–H groups in total. The molecule has 0 aromatic heterocycles. The molecule has 1 saturated carbocycles. The second-order valence-electron chi connectivity index (χ2n) is 4.87. The summed E-state index contributed by atoms with van der Waals surface area (Å²) in [6.07, 6.45) is 4.69. The summed E-state index contributed by atoms with van der Waals surface area (Å²) in [6, 6.07) is 7.22. The summed E-state index contributed by atoms with van der Waals surface area (Å²) in [7, 11) is 0. The van der Waals surface area contributed by atoms with Gasteiger partial charge < -0.3 is 10.1 Å². The van der Waals surface area contributed by atoms with Gasteiger partial charge in [-0.2, -0.15) is 0 Å². The van der Waals surface area contributed by atoms with Crippen molar-refractivity contribution in [2.75, 3.05) is 6.61 Å². The van der Waals surface area contributed by atoms with Gasteiger partial charge >= 0.3 is 0 Å². The number of halogens is 1. The molecule has 1 aromatic rings. The molecule has 21 heavy (non-hydrogen) atoms. The molecule has 0 bridgehead atoms. The lowest BCUT2D eigenvalue weighted by atomic mass is 10.3. The van der Waals surface area contributed by atoms with E-state index in [9.17, 15) is 4.79 Å². The number of hydrazine groups is 1. The molecule has 2 rings (SSSR count). The van der Waals surface area contributed by atoms with Crippen molar-refractivity contribution < 1.29 is 9.53 Å². The van der Waals surface area contributed by atoms with Gasteiger partial charge in [-0.1, -0.05) is 24.4 Å². The van der Waals surface area contributed by atoms with Gasteiger partial charge in [-0.15, -0.1) is 0 Å². The molecule has 0 radical (unpaired) electrons. The van der Waals surface area contributed by atoms with Crippen LogP contribution in [0, 0.1) is 0 Å². The molecule has 1 aliphatic carbocycles. The molecule has 0 heterocycles. The summed E-state index contributed by atoms with van der Waals surface area (Å²) < 4.78 is 5.31. The van der Waals surface area contributed by atoms with Crippen LogP contribution >= 0.6 is 23.8 Å². The maximum absolute atomic E-state index is 11.6. The zero-order valence-electron chi connectivity index (χ0n) is 11.5. The van der Waals surface area contributed by atoms with Gasteiger partial charge in [-0.25, -0.2) is 0 Å². The zero-order valence-corrected chi connectivity index (χ0v) is 13.1. The number of rotatable bonds is 4. The minimum atomic E-state index is -0.305. The number of amides is 1. The lowest BCUT2D eigenvalue weighted by molar-refractivity contribution is -0.123. The minimum absolute atomic E-state index is 0.0966. The normalized spacial score (nSPS) is 14.5. The predicted octanol–water partition coefficient (Wildman–Crippen LogP) is 2.16. The number of benzene rings is 1. The average Bonchev–Trinajstić information content (AvgIpc) is 2.97. The third-order valence-corrected chi connectivity index (χ3v) is 3.66. The van der Waals surface area contributed by atoms with Crippen LogP contribution < -0.4 is 20.9 Å². The van der Waals surface area contributed by atoms with Gasteiger partial charge in [0.25, 0.3) is 5.91 Å². The van der Waals surface area contributed by atoms with E-state index in [-0.39, 0.29) is 12.5 Å². The maximum Gasteiger partial charge on any atom is 0.276 e. The molecule has 1 fully saturated rings. The highest BCUT2D eigenvalue weighted by Crippen LogP contribution is 2.17. The van der Waals surface area contributed by atoms with Crippen LogP contribution in [0.5, 0.6) is 5.75 Å². The average molecular weight is 328 g/mol. The molecule has 0 atom stereocenters. The van der Waals surface area contributed by atoms with Crippen molar-refractivity contribution in [3.63, 3.8) is 0 Å². The molecule has 0 aliphatic heterocycles. The fraction of sp³-hybridized carbons (Fsp3) is 0.429. The summed E-state index contributed by atoms with van der Waals surface area (Å²) in [6.45, 7) is -0.0966. The SMILES string of the molecule is O=C(COc1ccc(Cl)cc1)NNC(=S)NC1CCCC1. The van der Waals surface area contributed by atoms with Crippen LogP contribution in [0.25, 0.3) is 0 Å². The molecule has 5 nitrogen and oxygen atoms in total. The van der Waals surface area contributed by atoms with Gasteiger partial charge in [0, 0.05) is 11.1 Å². The number of hydrogen-bond acceptors (Lipinski definition) is 3. The standard InChI is InChI=1S/C14H18ClN3O2S/c15-10-5-7-12(8-6-10)20-9-13(19)17-18-14(21)16-11-3-1-2-4-11/h5-8,11H,1-4,9H2,(H,17,19)(H2,16,18,21). The highest BCUT2D eigenvalue weighted by molar-refractivity contribution is 7.80. The summed E-state index contributed by atoms with van der Waals surface area (Å²) in [5, 5.41) is 4.22. The van der Waals surface area contributed by atoms with Crippen molar-refractivity contribution in [2.24, 2.45) is 0 Å². The Bertz CT molecular complexity index is 489. The number of hydrogen-bond donors (Lipinski definition) is 3.